The average Bonchev–Trinajstić information content (AvgIpc) is 2.22. The van der Waals surface area contributed by atoms with Gasteiger partial charge in [0, 0.05) is 12.6 Å². The number of nitrogens with one attached hydrogen (secondary N) is 1. The summed E-state index contributed by atoms with van der Waals surface area (Å²) in [5, 5.41) is 12.9. The van der Waals surface area contributed by atoms with Crippen LogP contribution in [0.25, 0.3) is 0 Å². The number of methoxy groups -OCH3 is 1. The normalized spacial score (nSPS) is 16.9. The Kier molecular flexibility index (Phi) is 6.52. The largest absolute Gasteiger partial charge is 0.467 e. The lowest BCUT2D eigenvalue weighted by atomic mass is 10.0. The van der Waals surface area contributed by atoms with Crippen molar-refractivity contribution in [2.45, 2.75) is 51.7 Å². The van der Waals surface area contributed by atoms with Gasteiger partial charge in [-0.1, -0.05) is 20.3 Å². The fourth-order valence-electron chi connectivity index (χ4n) is 1.43. The van der Waals surface area contributed by atoms with Crippen LogP contribution in [0.1, 0.15) is 40.0 Å². The van der Waals surface area contributed by atoms with Gasteiger partial charge in [-0.3, -0.25) is 0 Å². The van der Waals surface area contributed by atoms with Crippen LogP contribution in [-0.2, 0) is 9.53 Å². The fourth-order valence-corrected chi connectivity index (χ4v) is 1.43. The van der Waals surface area contributed by atoms with Gasteiger partial charge in [-0.25, -0.2) is 4.79 Å². The van der Waals surface area contributed by atoms with Gasteiger partial charge in [-0.15, -0.1) is 0 Å². The highest BCUT2D eigenvalue weighted by molar-refractivity contribution is 5.78. The van der Waals surface area contributed by atoms with Gasteiger partial charge in [0.05, 0.1) is 7.11 Å². The fraction of sp³-hybridized carbons (Fsp3) is 0.909. The van der Waals surface area contributed by atoms with E-state index in [9.17, 15) is 9.90 Å². The van der Waals surface area contributed by atoms with E-state index in [0.29, 0.717) is 6.04 Å². The molecule has 0 aliphatic carbocycles. The third-order valence-corrected chi connectivity index (χ3v) is 2.49. The average molecular weight is 217 g/mol. The monoisotopic (exact) mass is 217 g/mol. The van der Waals surface area contributed by atoms with E-state index in [4.69, 9.17) is 0 Å². The van der Waals surface area contributed by atoms with Crippen LogP contribution in [0.2, 0.25) is 0 Å². The van der Waals surface area contributed by atoms with Crippen molar-refractivity contribution in [2.24, 2.45) is 0 Å². The zero-order chi connectivity index (χ0) is 11.9. The van der Waals surface area contributed by atoms with Crippen molar-refractivity contribution < 1.29 is 14.6 Å². The third kappa shape index (κ3) is 5.14. The second-order valence-electron chi connectivity index (χ2n) is 4.04. The van der Waals surface area contributed by atoms with Crippen LogP contribution in [0.5, 0.6) is 0 Å². The minimum absolute atomic E-state index is 0.234. The van der Waals surface area contributed by atoms with Crippen LogP contribution in [0.15, 0.2) is 0 Å². The second-order valence-corrected chi connectivity index (χ2v) is 4.04. The van der Waals surface area contributed by atoms with E-state index in [-0.39, 0.29) is 6.54 Å². The maximum absolute atomic E-state index is 11.2. The van der Waals surface area contributed by atoms with E-state index in [1.54, 1.807) is 0 Å². The van der Waals surface area contributed by atoms with Gasteiger partial charge in [0.15, 0.2) is 5.60 Å². The van der Waals surface area contributed by atoms with E-state index in [2.05, 4.69) is 23.9 Å². The predicted molar refractivity (Wildman–Crippen MR) is 59.6 cm³/mol. The Labute approximate surface area is 92.0 Å². The van der Waals surface area contributed by atoms with Crippen molar-refractivity contribution in [3.8, 4) is 0 Å². The van der Waals surface area contributed by atoms with Crippen molar-refractivity contribution in [3.05, 3.63) is 0 Å². The number of hydrogen-bond donors (Lipinski definition) is 2. The maximum atomic E-state index is 11.2. The Morgan fingerprint density at radius 2 is 2.13 bits per heavy atom. The van der Waals surface area contributed by atoms with Crippen LogP contribution < -0.4 is 5.32 Å². The number of carbonyl (C=O) groups excluding carboxylic acids is 1. The number of ether oxygens (including phenoxy) is 1. The molecule has 90 valence electrons. The zero-order valence-corrected chi connectivity index (χ0v) is 10.2. The van der Waals surface area contributed by atoms with Crippen molar-refractivity contribution in [1.82, 2.24) is 5.32 Å². The Balaban J connectivity index is 4.05. The van der Waals surface area contributed by atoms with Gasteiger partial charge in [0.25, 0.3) is 0 Å². The van der Waals surface area contributed by atoms with E-state index < -0.39 is 11.6 Å². The summed E-state index contributed by atoms with van der Waals surface area (Å²) in [5.41, 5.74) is -1.43. The molecule has 0 aliphatic rings. The Bertz CT molecular complexity index is 192. The highest BCUT2D eigenvalue weighted by Crippen LogP contribution is 2.07. The van der Waals surface area contributed by atoms with Crippen LogP contribution in [0.3, 0.4) is 0 Å². The molecule has 0 heterocycles. The molecule has 0 rings (SSSR count). The third-order valence-electron chi connectivity index (χ3n) is 2.49. The minimum atomic E-state index is -1.43. The molecule has 0 spiro atoms. The molecule has 0 saturated heterocycles. The van der Waals surface area contributed by atoms with Crippen LogP contribution >= 0.6 is 0 Å². The molecular weight excluding hydrogens is 194 g/mol. The topological polar surface area (TPSA) is 58.6 Å². The summed E-state index contributed by atoms with van der Waals surface area (Å²) in [6, 6.07) is 0.353. The summed E-state index contributed by atoms with van der Waals surface area (Å²) < 4.78 is 4.51. The molecule has 0 aliphatic heterocycles. The number of rotatable bonds is 7. The van der Waals surface area contributed by atoms with E-state index in [0.717, 1.165) is 19.3 Å². The van der Waals surface area contributed by atoms with Crippen molar-refractivity contribution in [3.63, 3.8) is 0 Å². The molecule has 0 fully saturated rings. The van der Waals surface area contributed by atoms with Gasteiger partial charge in [0.2, 0.25) is 0 Å². The molecule has 2 unspecified atom stereocenters. The molecule has 0 radical (unpaired) electrons. The molecule has 0 amide bonds. The molecule has 0 aromatic heterocycles. The van der Waals surface area contributed by atoms with E-state index in [1.165, 1.54) is 14.0 Å². The lowest BCUT2D eigenvalue weighted by Crippen LogP contribution is -2.48. The summed E-state index contributed by atoms with van der Waals surface area (Å²) in [7, 11) is 1.28. The van der Waals surface area contributed by atoms with Gasteiger partial charge < -0.3 is 15.2 Å². The molecule has 0 aromatic rings. The summed E-state index contributed by atoms with van der Waals surface area (Å²) in [4.78, 5) is 11.2. The number of carbonyl (C=O) groups is 1. The Hall–Kier alpha value is -0.610. The first-order valence-electron chi connectivity index (χ1n) is 5.52. The van der Waals surface area contributed by atoms with Crippen molar-refractivity contribution >= 4 is 5.97 Å². The van der Waals surface area contributed by atoms with Crippen molar-refractivity contribution in [1.29, 1.82) is 0 Å². The van der Waals surface area contributed by atoms with Crippen LogP contribution in [-0.4, -0.2) is 36.4 Å². The highest BCUT2D eigenvalue weighted by atomic mass is 16.5. The first-order valence-corrected chi connectivity index (χ1v) is 5.52. The molecule has 4 heteroatoms. The Morgan fingerprint density at radius 1 is 1.53 bits per heavy atom. The first-order chi connectivity index (χ1) is 6.97. The van der Waals surface area contributed by atoms with Crippen LogP contribution in [0.4, 0.5) is 0 Å². The van der Waals surface area contributed by atoms with Gasteiger partial charge in [-0.2, -0.15) is 0 Å². The number of esters is 1. The summed E-state index contributed by atoms with van der Waals surface area (Å²) in [6.45, 7) is 5.89. The molecule has 0 saturated carbocycles. The second kappa shape index (κ2) is 6.80. The van der Waals surface area contributed by atoms with Gasteiger partial charge >= 0.3 is 5.97 Å². The standard InChI is InChI=1S/C11H23NO3/c1-5-7-9(6-2)12-8-11(3,14)10(13)15-4/h9,12,14H,5-8H2,1-4H3. The smallest absolute Gasteiger partial charge is 0.338 e. The number of aliphatic hydroxyl groups is 1. The van der Waals surface area contributed by atoms with Gasteiger partial charge in [-0.05, 0) is 19.8 Å². The molecule has 4 nitrogen and oxygen atoms in total. The summed E-state index contributed by atoms with van der Waals surface area (Å²) in [6.07, 6.45) is 3.13. The first kappa shape index (κ1) is 14.4. The molecule has 0 bridgehead atoms. The molecule has 2 atom stereocenters. The molecule has 0 aromatic carbocycles. The Morgan fingerprint density at radius 3 is 2.53 bits per heavy atom. The van der Waals surface area contributed by atoms with Crippen LogP contribution in [0, 0.1) is 0 Å². The quantitative estimate of drug-likeness (QED) is 0.626. The minimum Gasteiger partial charge on any atom is -0.467 e. The van der Waals surface area contributed by atoms with E-state index >= 15 is 0 Å². The lowest BCUT2D eigenvalue weighted by Gasteiger charge is -2.24. The van der Waals surface area contributed by atoms with Crippen molar-refractivity contribution in [2.75, 3.05) is 13.7 Å². The molecule has 15 heavy (non-hydrogen) atoms. The van der Waals surface area contributed by atoms with E-state index in [1.807, 2.05) is 0 Å². The van der Waals surface area contributed by atoms with Gasteiger partial charge in [0.1, 0.15) is 0 Å². The zero-order valence-electron chi connectivity index (χ0n) is 10.2. The summed E-state index contributed by atoms with van der Waals surface area (Å²) >= 11 is 0. The molecular formula is C11H23NO3. The predicted octanol–water partition coefficient (Wildman–Crippen LogP) is 1.08. The maximum Gasteiger partial charge on any atom is 0.338 e. The lowest BCUT2D eigenvalue weighted by molar-refractivity contribution is -0.160. The molecule has 2 N–H and O–H groups in total. The highest BCUT2D eigenvalue weighted by Gasteiger charge is 2.31. The summed E-state index contributed by atoms with van der Waals surface area (Å²) in [5.74, 6) is -0.596. The number of hydrogen-bond acceptors (Lipinski definition) is 4. The SMILES string of the molecule is CCCC(CC)NCC(C)(O)C(=O)OC.